The highest BCUT2D eigenvalue weighted by atomic mass is 32.1. The Morgan fingerprint density at radius 1 is 0.933 bits per heavy atom. The Morgan fingerprint density at radius 3 is 1.67 bits per heavy atom. The maximum Gasteiger partial charge on any atom is 0.00176 e. The van der Waals surface area contributed by atoms with Gasteiger partial charge in [0.1, 0.15) is 0 Å². The Kier molecular flexibility index (Phi) is 8.64. The third-order valence-corrected chi connectivity index (χ3v) is 3.12. The fourth-order valence-corrected chi connectivity index (χ4v) is 2.31. The van der Waals surface area contributed by atoms with Crippen molar-refractivity contribution in [3.8, 4) is 0 Å². The summed E-state index contributed by atoms with van der Waals surface area (Å²) in [6.07, 6.45) is 1.25. The predicted octanol–water partition coefficient (Wildman–Crippen LogP) is 3.56. The molecule has 92 valence electrons. The van der Waals surface area contributed by atoms with Crippen LogP contribution in [-0.2, 0) is 0 Å². The van der Waals surface area contributed by atoms with Crippen molar-refractivity contribution in [2.45, 2.75) is 41.0 Å². The van der Waals surface area contributed by atoms with Crippen molar-refractivity contribution >= 4 is 12.6 Å². The molecule has 0 aromatic heterocycles. The largest absolute Gasteiger partial charge is 0.303 e. The molecular weight excluding hydrogens is 202 g/mol. The summed E-state index contributed by atoms with van der Waals surface area (Å²) in [5.41, 5.74) is 0. The minimum Gasteiger partial charge on any atom is -0.303 e. The third-order valence-electron chi connectivity index (χ3n) is 2.60. The van der Waals surface area contributed by atoms with Gasteiger partial charge in [-0.15, -0.1) is 0 Å². The normalized spacial score (nSPS) is 14.2. The summed E-state index contributed by atoms with van der Waals surface area (Å²) in [5.74, 6) is 3.30. The second-order valence-corrected chi connectivity index (χ2v) is 5.83. The minimum atomic E-state index is 0.755. The summed E-state index contributed by atoms with van der Waals surface area (Å²) in [6.45, 7) is 15.1. The first kappa shape index (κ1) is 15.3. The Morgan fingerprint density at radius 2 is 1.40 bits per heavy atom. The van der Waals surface area contributed by atoms with Gasteiger partial charge < -0.3 is 4.90 Å². The number of hydrogen-bond acceptors (Lipinski definition) is 2. The topological polar surface area (TPSA) is 3.24 Å². The number of rotatable bonds is 8. The van der Waals surface area contributed by atoms with Crippen molar-refractivity contribution in [1.82, 2.24) is 4.90 Å². The second-order valence-electron chi connectivity index (χ2n) is 5.46. The molecule has 0 aliphatic carbocycles. The lowest BCUT2D eigenvalue weighted by molar-refractivity contribution is 0.192. The first-order chi connectivity index (χ1) is 6.99. The van der Waals surface area contributed by atoms with E-state index in [0.717, 1.165) is 23.5 Å². The van der Waals surface area contributed by atoms with Crippen LogP contribution in [0.25, 0.3) is 0 Å². The molecule has 0 heterocycles. The maximum atomic E-state index is 4.42. The quantitative estimate of drug-likeness (QED) is 0.625. The molecule has 0 aromatic carbocycles. The Balaban J connectivity index is 4.09. The highest BCUT2D eigenvalue weighted by molar-refractivity contribution is 7.80. The first-order valence-corrected chi connectivity index (χ1v) is 6.96. The smallest absolute Gasteiger partial charge is 0.00176 e. The Labute approximate surface area is 102 Å². The fraction of sp³-hybridized carbons (Fsp3) is 1.00. The maximum absolute atomic E-state index is 4.42. The van der Waals surface area contributed by atoms with Crippen LogP contribution in [0, 0.1) is 17.8 Å². The molecule has 0 saturated carbocycles. The molecule has 1 nitrogen and oxygen atoms in total. The minimum absolute atomic E-state index is 0.755. The zero-order valence-corrected chi connectivity index (χ0v) is 12.1. The molecule has 2 heteroatoms. The van der Waals surface area contributed by atoms with Gasteiger partial charge in [0, 0.05) is 19.6 Å². The summed E-state index contributed by atoms with van der Waals surface area (Å²) in [6, 6.07) is 0. The lowest BCUT2D eigenvalue weighted by atomic mass is 10.1. The molecule has 0 aliphatic rings. The van der Waals surface area contributed by atoms with E-state index in [1.165, 1.54) is 26.1 Å². The van der Waals surface area contributed by atoms with E-state index in [9.17, 15) is 0 Å². The van der Waals surface area contributed by atoms with Crippen molar-refractivity contribution in [3.63, 3.8) is 0 Å². The van der Waals surface area contributed by atoms with E-state index in [1.807, 2.05) is 0 Å². The summed E-state index contributed by atoms with van der Waals surface area (Å²) in [7, 11) is 0. The number of thiol groups is 1. The monoisotopic (exact) mass is 231 g/mol. The van der Waals surface area contributed by atoms with Crippen LogP contribution >= 0.6 is 12.6 Å². The first-order valence-electron chi connectivity index (χ1n) is 6.32. The van der Waals surface area contributed by atoms with E-state index in [1.54, 1.807) is 0 Å². The van der Waals surface area contributed by atoms with Crippen LogP contribution in [0.2, 0.25) is 0 Å². The van der Waals surface area contributed by atoms with Crippen LogP contribution in [0.3, 0.4) is 0 Å². The number of nitrogens with zero attached hydrogens (tertiary/aromatic N) is 1. The van der Waals surface area contributed by atoms with E-state index >= 15 is 0 Å². The van der Waals surface area contributed by atoms with Gasteiger partial charge in [-0.2, -0.15) is 12.6 Å². The zero-order chi connectivity index (χ0) is 11.8. The van der Waals surface area contributed by atoms with Gasteiger partial charge in [-0.05, 0) is 23.5 Å². The molecule has 1 atom stereocenters. The third kappa shape index (κ3) is 8.15. The van der Waals surface area contributed by atoms with Crippen molar-refractivity contribution < 1.29 is 0 Å². The van der Waals surface area contributed by atoms with Gasteiger partial charge in [-0.1, -0.05) is 41.0 Å². The molecule has 0 radical (unpaired) electrons. The van der Waals surface area contributed by atoms with Crippen molar-refractivity contribution in [2.24, 2.45) is 17.8 Å². The molecule has 0 saturated heterocycles. The summed E-state index contributed by atoms with van der Waals surface area (Å²) >= 11 is 4.42. The molecule has 0 spiro atoms. The van der Waals surface area contributed by atoms with Gasteiger partial charge in [0.2, 0.25) is 0 Å². The lowest BCUT2D eigenvalue weighted by Crippen LogP contribution is -2.36. The van der Waals surface area contributed by atoms with Gasteiger partial charge in [-0.3, -0.25) is 0 Å². The van der Waals surface area contributed by atoms with Crippen LogP contribution in [0.15, 0.2) is 0 Å². The Hall–Kier alpha value is 0.310. The highest BCUT2D eigenvalue weighted by Gasteiger charge is 2.13. The molecule has 0 aromatic rings. The molecule has 1 unspecified atom stereocenters. The molecule has 0 bridgehead atoms. The van der Waals surface area contributed by atoms with Crippen molar-refractivity contribution in [3.05, 3.63) is 0 Å². The molecular formula is C13H29NS. The van der Waals surface area contributed by atoms with E-state index in [2.05, 4.69) is 52.1 Å². The summed E-state index contributed by atoms with van der Waals surface area (Å²) in [4.78, 5) is 2.61. The summed E-state index contributed by atoms with van der Waals surface area (Å²) in [5, 5.41) is 0. The van der Waals surface area contributed by atoms with Gasteiger partial charge in [0.05, 0.1) is 0 Å². The second kappa shape index (κ2) is 8.46. The fourth-order valence-electron chi connectivity index (χ4n) is 1.94. The van der Waals surface area contributed by atoms with Crippen LogP contribution in [0.1, 0.15) is 41.0 Å². The van der Waals surface area contributed by atoms with Crippen LogP contribution in [0.5, 0.6) is 0 Å². The van der Waals surface area contributed by atoms with Crippen molar-refractivity contribution in [1.29, 1.82) is 0 Å². The molecule has 0 amide bonds. The molecule has 0 N–H and O–H groups in total. The lowest BCUT2D eigenvalue weighted by Gasteiger charge is -2.29. The van der Waals surface area contributed by atoms with Crippen LogP contribution < -0.4 is 0 Å². The molecule has 15 heavy (non-hydrogen) atoms. The van der Waals surface area contributed by atoms with E-state index < -0.39 is 0 Å². The average Bonchev–Trinajstić information content (AvgIpc) is 2.11. The summed E-state index contributed by atoms with van der Waals surface area (Å²) < 4.78 is 0. The molecule has 0 aliphatic heterocycles. The predicted molar refractivity (Wildman–Crippen MR) is 73.8 cm³/mol. The number of hydrogen-bond donors (Lipinski definition) is 1. The highest BCUT2D eigenvalue weighted by Crippen LogP contribution is 2.11. The van der Waals surface area contributed by atoms with Crippen LogP contribution in [-0.4, -0.2) is 30.3 Å². The molecule has 0 rings (SSSR count). The van der Waals surface area contributed by atoms with Gasteiger partial charge >= 0.3 is 0 Å². The molecule has 0 fully saturated rings. The van der Waals surface area contributed by atoms with E-state index in [4.69, 9.17) is 0 Å². The van der Waals surface area contributed by atoms with Crippen LogP contribution in [0.4, 0.5) is 0 Å². The van der Waals surface area contributed by atoms with Gasteiger partial charge in [0.25, 0.3) is 0 Å². The van der Waals surface area contributed by atoms with E-state index in [0.29, 0.717) is 0 Å². The standard InChI is InChI=1S/C13H29NS/c1-6-13(10-15)9-14(7-11(2)3)8-12(4)5/h11-13,15H,6-10H2,1-5H3. The zero-order valence-electron chi connectivity index (χ0n) is 11.2. The average molecular weight is 231 g/mol. The Bertz CT molecular complexity index is 131. The SMILES string of the molecule is CCC(CS)CN(CC(C)C)CC(C)C. The van der Waals surface area contributed by atoms with Gasteiger partial charge in [0.15, 0.2) is 0 Å². The van der Waals surface area contributed by atoms with Gasteiger partial charge in [-0.25, -0.2) is 0 Å². The van der Waals surface area contributed by atoms with E-state index in [-0.39, 0.29) is 0 Å². The van der Waals surface area contributed by atoms with Crippen molar-refractivity contribution in [2.75, 3.05) is 25.4 Å².